The van der Waals surface area contributed by atoms with Gasteiger partial charge in [-0.05, 0) is 30.3 Å². The Hall–Kier alpha value is -1.83. The molecule has 0 radical (unpaired) electrons. The van der Waals surface area contributed by atoms with E-state index in [0.29, 0.717) is 16.7 Å². The zero-order valence-corrected chi connectivity index (χ0v) is 15.8. The van der Waals surface area contributed by atoms with Crippen LogP contribution in [0.5, 0.6) is 0 Å². The summed E-state index contributed by atoms with van der Waals surface area (Å²) in [5.41, 5.74) is 1.33. The fourth-order valence-corrected chi connectivity index (χ4v) is 3.02. The fourth-order valence-electron chi connectivity index (χ4n) is 1.97. The predicted molar refractivity (Wildman–Crippen MR) is 100 cm³/mol. The first kappa shape index (κ1) is 18.0. The van der Waals surface area contributed by atoms with Gasteiger partial charge in [-0.3, -0.25) is 4.79 Å². The van der Waals surface area contributed by atoms with Crippen molar-refractivity contribution in [1.29, 1.82) is 0 Å². The van der Waals surface area contributed by atoms with Crippen molar-refractivity contribution in [2.75, 3.05) is 11.1 Å². The van der Waals surface area contributed by atoms with Crippen LogP contribution in [0.25, 0.3) is 11.3 Å². The molecule has 8 heteroatoms. The highest BCUT2D eigenvalue weighted by atomic mass is 79.9. The minimum absolute atomic E-state index is 0.0442. The summed E-state index contributed by atoms with van der Waals surface area (Å²) in [6.45, 7) is 0. The van der Waals surface area contributed by atoms with Crippen LogP contribution in [0.1, 0.15) is 0 Å². The molecule has 0 aliphatic heterocycles. The Balaban J connectivity index is 1.57. The van der Waals surface area contributed by atoms with Crippen LogP contribution in [-0.4, -0.2) is 16.6 Å². The van der Waals surface area contributed by atoms with E-state index >= 15 is 0 Å². The summed E-state index contributed by atoms with van der Waals surface area (Å²) in [5.74, 6) is -0.0685. The van der Waals surface area contributed by atoms with Crippen molar-refractivity contribution in [3.63, 3.8) is 0 Å². The van der Waals surface area contributed by atoms with Crippen LogP contribution in [-0.2, 0) is 4.79 Å². The molecule has 0 saturated carbocycles. The van der Waals surface area contributed by atoms with E-state index in [4.69, 9.17) is 16.0 Å². The van der Waals surface area contributed by atoms with Crippen molar-refractivity contribution in [1.82, 2.24) is 4.98 Å². The van der Waals surface area contributed by atoms with E-state index < -0.39 is 5.82 Å². The number of oxazole rings is 1. The molecule has 1 heterocycles. The smallest absolute Gasteiger partial charge is 0.256 e. The minimum Gasteiger partial charge on any atom is -0.431 e. The number of thioether (sulfide) groups is 1. The van der Waals surface area contributed by atoms with Gasteiger partial charge in [0.2, 0.25) is 5.91 Å². The molecule has 0 aliphatic rings. The number of hydrogen-bond acceptors (Lipinski definition) is 4. The number of benzene rings is 2. The monoisotopic (exact) mass is 440 g/mol. The molecule has 1 amide bonds. The molecule has 4 nitrogen and oxygen atoms in total. The van der Waals surface area contributed by atoms with Crippen LogP contribution in [0.15, 0.2) is 62.8 Å². The Morgan fingerprint density at radius 2 is 2.04 bits per heavy atom. The number of anilines is 1. The molecule has 0 aliphatic carbocycles. The number of amides is 1. The number of aromatic nitrogens is 1. The highest BCUT2D eigenvalue weighted by molar-refractivity contribution is 9.10. The first-order valence-electron chi connectivity index (χ1n) is 7.11. The zero-order chi connectivity index (χ0) is 17.8. The lowest BCUT2D eigenvalue weighted by Crippen LogP contribution is -2.14. The predicted octanol–water partition coefficient (Wildman–Crippen LogP) is 5.63. The van der Waals surface area contributed by atoms with Gasteiger partial charge in [0.05, 0.1) is 17.0 Å². The standard InChI is InChI=1S/C17H11BrClFN2O2S/c18-11-3-1-10(2-4-11)15-8-21-17(24-15)25-9-16(23)22-12-5-6-14(20)13(19)7-12/h1-8H,9H2,(H,22,23). The average molecular weight is 442 g/mol. The van der Waals surface area contributed by atoms with Gasteiger partial charge in [-0.2, -0.15) is 0 Å². The Labute approximate surface area is 160 Å². The molecular formula is C17H11BrClFN2O2S. The number of rotatable bonds is 5. The van der Waals surface area contributed by atoms with E-state index in [1.165, 1.54) is 30.0 Å². The molecule has 0 bridgehead atoms. The maximum absolute atomic E-state index is 13.1. The molecule has 3 rings (SSSR count). The van der Waals surface area contributed by atoms with Gasteiger partial charge in [-0.25, -0.2) is 9.37 Å². The van der Waals surface area contributed by atoms with E-state index in [2.05, 4.69) is 26.2 Å². The summed E-state index contributed by atoms with van der Waals surface area (Å²) in [4.78, 5) is 16.1. The lowest BCUT2D eigenvalue weighted by atomic mass is 10.2. The van der Waals surface area contributed by atoms with Crippen LogP contribution < -0.4 is 5.32 Å². The third-order valence-electron chi connectivity index (χ3n) is 3.14. The van der Waals surface area contributed by atoms with Gasteiger partial charge in [-0.15, -0.1) is 0 Å². The molecule has 0 atom stereocenters. The van der Waals surface area contributed by atoms with Crippen LogP contribution >= 0.6 is 39.3 Å². The van der Waals surface area contributed by atoms with Crippen LogP contribution in [0.4, 0.5) is 10.1 Å². The highest BCUT2D eigenvalue weighted by Crippen LogP contribution is 2.27. The van der Waals surface area contributed by atoms with E-state index in [9.17, 15) is 9.18 Å². The van der Waals surface area contributed by atoms with E-state index in [-0.39, 0.29) is 16.7 Å². The van der Waals surface area contributed by atoms with E-state index in [1.807, 2.05) is 24.3 Å². The molecule has 2 aromatic carbocycles. The normalized spacial score (nSPS) is 10.7. The van der Waals surface area contributed by atoms with Gasteiger partial charge in [0.15, 0.2) is 5.76 Å². The summed E-state index contributed by atoms with van der Waals surface area (Å²) < 4.78 is 19.7. The number of carbonyl (C=O) groups excluding carboxylic acids is 1. The van der Waals surface area contributed by atoms with Crippen molar-refractivity contribution < 1.29 is 13.6 Å². The number of carbonyl (C=O) groups is 1. The second-order valence-electron chi connectivity index (χ2n) is 4.96. The second kappa shape index (κ2) is 8.03. The lowest BCUT2D eigenvalue weighted by molar-refractivity contribution is -0.113. The molecule has 0 saturated heterocycles. The Morgan fingerprint density at radius 1 is 1.28 bits per heavy atom. The third kappa shape index (κ3) is 4.84. The zero-order valence-electron chi connectivity index (χ0n) is 12.6. The molecule has 3 aromatic rings. The topological polar surface area (TPSA) is 55.1 Å². The summed E-state index contributed by atoms with van der Waals surface area (Å²) in [5, 5.41) is 2.99. The molecular weight excluding hydrogens is 431 g/mol. The summed E-state index contributed by atoms with van der Waals surface area (Å²) in [6, 6.07) is 11.6. The molecule has 25 heavy (non-hydrogen) atoms. The third-order valence-corrected chi connectivity index (χ3v) is 4.80. The molecule has 0 spiro atoms. The van der Waals surface area contributed by atoms with Crippen molar-refractivity contribution >= 4 is 50.9 Å². The minimum atomic E-state index is -0.533. The first-order valence-corrected chi connectivity index (χ1v) is 9.26. The van der Waals surface area contributed by atoms with Crippen LogP contribution in [0.3, 0.4) is 0 Å². The van der Waals surface area contributed by atoms with Gasteiger partial charge < -0.3 is 9.73 Å². The molecule has 0 fully saturated rings. The number of nitrogens with one attached hydrogen (secondary N) is 1. The maximum Gasteiger partial charge on any atom is 0.256 e. The molecule has 1 N–H and O–H groups in total. The van der Waals surface area contributed by atoms with Gasteiger partial charge in [0, 0.05) is 15.7 Å². The first-order chi connectivity index (χ1) is 12.0. The fraction of sp³-hybridized carbons (Fsp3) is 0.0588. The molecule has 0 unspecified atom stereocenters. The number of hydrogen-bond donors (Lipinski definition) is 1. The Kier molecular flexibility index (Phi) is 5.78. The van der Waals surface area contributed by atoms with Gasteiger partial charge in [0.1, 0.15) is 5.82 Å². The van der Waals surface area contributed by atoms with E-state index in [1.54, 1.807) is 6.20 Å². The van der Waals surface area contributed by atoms with Crippen molar-refractivity contribution in [2.24, 2.45) is 0 Å². The summed E-state index contributed by atoms with van der Waals surface area (Å²) >= 11 is 10.2. The quantitative estimate of drug-likeness (QED) is 0.522. The van der Waals surface area contributed by atoms with Crippen molar-refractivity contribution in [3.05, 3.63) is 64.0 Å². The van der Waals surface area contributed by atoms with Crippen molar-refractivity contribution in [2.45, 2.75) is 5.22 Å². The SMILES string of the molecule is O=C(CSc1ncc(-c2ccc(Br)cc2)o1)Nc1ccc(F)c(Cl)c1. The Bertz CT molecular complexity index is 902. The number of nitrogens with zero attached hydrogens (tertiary/aromatic N) is 1. The molecule has 1 aromatic heterocycles. The second-order valence-corrected chi connectivity index (χ2v) is 7.21. The average Bonchev–Trinajstić information content (AvgIpc) is 3.06. The highest BCUT2D eigenvalue weighted by Gasteiger charge is 2.10. The Morgan fingerprint density at radius 3 is 2.76 bits per heavy atom. The van der Waals surface area contributed by atoms with Gasteiger partial charge in [-0.1, -0.05) is 51.4 Å². The van der Waals surface area contributed by atoms with Crippen LogP contribution in [0.2, 0.25) is 5.02 Å². The number of halogens is 3. The summed E-state index contributed by atoms with van der Waals surface area (Å²) in [6.07, 6.45) is 1.61. The van der Waals surface area contributed by atoms with Gasteiger partial charge >= 0.3 is 0 Å². The van der Waals surface area contributed by atoms with Crippen molar-refractivity contribution in [3.8, 4) is 11.3 Å². The van der Waals surface area contributed by atoms with Gasteiger partial charge in [0.25, 0.3) is 5.22 Å². The van der Waals surface area contributed by atoms with Crippen LogP contribution in [0, 0.1) is 5.82 Å². The van der Waals surface area contributed by atoms with E-state index in [0.717, 1.165) is 10.0 Å². The maximum atomic E-state index is 13.1. The summed E-state index contributed by atoms with van der Waals surface area (Å²) in [7, 11) is 0. The largest absolute Gasteiger partial charge is 0.431 e. The molecule has 128 valence electrons. The lowest BCUT2D eigenvalue weighted by Gasteiger charge is -2.04.